The van der Waals surface area contributed by atoms with E-state index in [1.54, 1.807) is 17.1 Å². The number of aromatic nitrogens is 3. The van der Waals surface area contributed by atoms with E-state index < -0.39 is 0 Å². The molecule has 0 amide bonds. The maximum Gasteiger partial charge on any atom is 0.191 e. The Bertz CT molecular complexity index is 839. The lowest BCUT2D eigenvalue weighted by Crippen LogP contribution is -2.38. The third kappa shape index (κ3) is 7.16. The molecule has 0 saturated carbocycles. The molecule has 0 atom stereocenters. The first-order valence-electron chi connectivity index (χ1n) is 9.00. The molecule has 8 heteroatoms. The lowest BCUT2D eigenvalue weighted by molar-refractivity contribution is 0.831. The van der Waals surface area contributed by atoms with E-state index in [1.165, 1.54) is 4.90 Å². The molecule has 0 unspecified atom stereocenters. The summed E-state index contributed by atoms with van der Waals surface area (Å²) in [5.74, 6) is 2.60. The minimum absolute atomic E-state index is 0. The summed E-state index contributed by atoms with van der Waals surface area (Å²) in [6.45, 7) is 4.32. The topological polar surface area (TPSA) is 67.1 Å². The second kappa shape index (κ2) is 12.4. The normalized spacial score (nSPS) is 11.0. The number of halogens is 1. The van der Waals surface area contributed by atoms with Crippen LogP contribution in [0.4, 0.5) is 0 Å². The average Bonchev–Trinajstić information content (AvgIpc) is 3.25. The second-order valence-electron chi connectivity index (χ2n) is 5.76. The van der Waals surface area contributed by atoms with Gasteiger partial charge in [0, 0.05) is 42.3 Å². The quantitative estimate of drug-likeness (QED) is 0.160. The molecule has 28 heavy (non-hydrogen) atoms. The Labute approximate surface area is 187 Å². The van der Waals surface area contributed by atoms with Gasteiger partial charge in [-0.2, -0.15) is 5.10 Å². The van der Waals surface area contributed by atoms with Gasteiger partial charge in [0.1, 0.15) is 0 Å². The predicted molar refractivity (Wildman–Crippen MR) is 127 cm³/mol. The molecule has 0 aliphatic rings. The van der Waals surface area contributed by atoms with Gasteiger partial charge in [-0.15, -0.1) is 35.7 Å². The highest BCUT2D eigenvalue weighted by atomic mass is 127. The predicted octanol–water partition coefficient (Wildman–Crippen LogP) is 3.73. The summed E-state index contributed by atoms with van der Waals surface area (Å²) < 4.78 is 1.75. The van der Waals surface area contributed by atoms with Gasteiger partial charge in [-0.3, -0.25) is 0 Å². The first kappa shape index (κ1) is 22.2. The highest BCUT2D eigenvalue weighted by molar-refractivity contribution is 14.0. The fourth-order valence-electron chi connectivity index (χ4n) is 2.46. The Morgan fingerprint density at radius 2 is 1.96 bits per heavy atom. The van der Waals surface area contributed by atoms with Crippen molar-refractivity contribution < 1.29 is 0 Å². The number of guanidine groups is 1. The van der Waals surface area contributed by atoms with Gasteiger partial charge < -0.3 is 10.6 Å². The summed E-state index contributed by atoms with van der Waals surface area (Å²) in [4.78, 5) is 10.3. The maximum atomic E-state index is 4.68. The molecule has 0 saturated heterocycles. The zero-order valence-corrected chi connectivity index (χ0v) is 18.9. The molecule has 148 valence electrons. The van der Waals surface area contributed by atoms with Crippen LogP contribution in [0, 0.1) is 0 Å². The van der Waals surface area contributed by atoms with Crippen LogP contribution >= 0.6 is 35.7 Å². The van der Waals surface area contributed by atoms with E-state index in [1.807, 2.05) is 42.2 Å². The summed E-state index contributed by atoms with van der Waals surface area (Å²) in [5.41, 5.74) is 1.09. The summed E-state index contributed by atoms with van der Waals surface area (Å²) >= 11 is 1.83. The number of hydrogen-bond acceptors (Lipinski definition) is 4. The first-order chi connectivity index (χ1) is 13.3. The van der Waals surface area contributed by atoms with Crippen molar-refractivity contribution in [2.75, 3.05) is 18.8 Å². The standard InChI is InChI=1S/C20H24N6S.HI/c1-2-21-20(23-12-14-27-18-7-4-3-5-8-18)24-16-17-9-11-22-19(15-17)26-13-6-10-25-26;/h3-11,13,15H,2,12,14,16H2,1H3,(H2,21,23,24);1H. The molecule has 0 aliphatic carbocycles. The lowest BCUT2D eigenvalue weighted by atomic mass is 10.2. The lowest BCUT2D eigenvalue weighted by Gasteiger charge is -2.11. The highest BCUT2D eigenvalue weighted by Gasteiger charge is 2.01. The van der Waals surface area contributed by atoms with Crippen molar-refractivity contribution in [2.24, 2.45) is 4.99 Å². The van der Waals surface area contributed by atoms with Crippen molar-refractivity contribution >= 4 is 41.7 Å². The number of rotatable bonds is 8. The Morgan fingerprint density at radius 3 is 2.71 bits per heavy atom. The van der Waals surface area contributed by atoms with Gasteiger partial charge in [0.05, 0.1) is 6.54 Å². The monoisotopic (exact) mass is 508 g/mol. The van der Waals surface area contributed by atoms with Crippen LogP contribution < -0.4 is 10.6 Å². The number of nitrogens with zero attached hydrogens (tertiary/aromatic N) is 4. The third-order valence-corrected chi connectivity index (χ3v) is 4.73. The molecule has 6 nitrogen and oxygen atoms in total. The van der Waals surface area contributed by atoms with E-state index >= 15 is 0 Å². The molecular formula is C20H25IN6S. The molecule has 2 N–H and O–H groups in total. The smallest absolute Gasteiger partial charge is 0.191 e. The minimum atomic E-state index is 0. The Hall–Kier alpha value is -2.07. The zero-order chi connectivity index (χ0) is 18.7. The third-order valence-electron chi connectivity index (χ3n) is 3.72. The first-order valence-corrected chi connectivity index (χ1v) is 9.98. The van der Waals surface area contributed by atoms with Crippen LogP contribution in [-0.2, 0) is 6.54 Å². The second-order valence-corrected chi connectivity index (χ2v) is 6.92. The molecule has 0 bridgehead atoms. The van der Waals surface area contributed by atoms with Crippen molar-refractivity contribution in [3.63, 3.8) is 0 Å². The summed E-state index contributed by atoms with van der Waals surface area (Å²) in [6, 6.07) is 16.3. The molecule has 3 rings (SSSR count). The Kier molecular flexibility index (Phi) is 9.84. The number of pyridine rings is 1. The van der Waals surface area contributed by atoms with Crippen molar-refractivity contribution in [1.29, 1.82) is 0 Å². The number of aliphatic imine (C=N–C) groups is 1. The van der Waals surface area contributed by atoms with Crippen molar-refractivity contribution in [3.8, 4) is 5.82 Å². The van der Waals surface area contributed by atoms with Gasteiger partial charge in [0.2, 0.25) is 0 Å². The largest absolute Gasteiger partial charge is 0.357 e. The summed E-state index contributed by atoms with van der Waals surface area (Å²) in [6.07, 6.45) is 5.41. The molecule has 1 aromatic carbocycles. The van der Waals surface area contributed by atoms with E-state index in [0.717, 1.165) is 36.2 Å². The highest BCUT2D eigenvalue weighted by Crippen LogP contribution is 2.15. The van der Waals surface area contributed by atoms with E-state index in [4.69, 9.17) is 0 Å². The van der Waals surface area contributed by atoms with E-state index in [2.05, 4.69) is 56.9 Å². The SMILES string of the molecule is CCNC(=NCc1ccnc(-n2cccn2)c1)NCCSc1ccccc1.I. The van der Waals surface area contributed by atoms with Gasteiger partial charge in [0.15, 0.2) is 11.8 Å². The molecular weight excluding hydrogens is 483 g/mol. The van der Waals surface area contributed by atoms with Gasteiger partial charge in [0.25, 0.3) is 0 Å². The average molecular weight is 508 g/mol. The molecule has 3 aromatic rings. The van der Waals surface area contributed by atoms with Crippen LogP contribution in [0.1, 0.15) is 12.5 Å². The van der Waals surface area contributed by atoms with Crippen LogP contribution in [0.5, 0.6) is 0 Å². The molecule has 0 radical (unpaired) electrons. The van der Waals surface area contributed by atoms with Crippen LogP contribution in [0.25, 0.3) is 5.82 Å². The number of nitrogens with one attached hydrogen (secondary N) is 2. The van der Waals surface area contributed by atoms with E-state index in [0.29, 0.717) is 6.54 Å². The molecule has 0 fully saturated rings. The van der Waals surface area contributed by atoms with Crippen molar-refractivity contribution in [2.45, 2.75) is 18.4 Å². The molecule has 0 aliphatic heterocycles. The fraction of sp³-hybridized carbons (Fsp3) is 0.250. The van der Waals surface area contributed by atoms with E-state index in [9.17, 15) is 0 Å². The van der Waals surface area contributed by atoms with Crippen LogP contribution in [0.15, 0.2) is 77.0 Å². The van der Waals surface area contributed by atoms with Gasteiger partial charge in [-0.1, -0.05) is 18.2 Å². The van der Waals surface area contributed by atoms with E-state index in [-0.39, 0.29) is 24.0 Å². The Balaban J connectivity index is 0.00000280. The van der Waals surface area contributed by atoms with Crippen molar-refractivity contribution in [1.82, 2.24) is 25.4 Å². The zero-order valence-electron chi connectivity index (χ0n) is 15.8. The molecule has 0 spiro atoms. The van der Waals surface area contributed by atoms with Gasteiger partial charge in [-0.25, -0.2) is 14.7 Å². The fourth-order valence-corrected chi connectivity index (χ4v) is 3.25. The number of benzene rings is 1. The summed E-state index contributed by atoms with van der Waals surface area (Å²) in [5, 5.41) is 10.9. The van der Waals surface area contributed by atoms with Crippen LogP contribution in [0.2, 0.25) is 0 Å². The molecule has 2 heterocycles. The van der Waals surface area contributed by atoms with Crippen LogP contribution in [0.3, 0.4) is 0 Å². The van der Waals surface area contributed by atoms with Crippen LogP contribution in [-0.4, -0.2) is 39.6 Å². The Morgan fingerprint density at radius 1 is 1.11 bits per heavy atom. The maximum absolute atomic E-state index is 4.68. The summed E-state index contributed by atoms with van der Waals surface area (Å²) in [7, 11) is 0. The number of hydrogen-bond donors (Lipinski definition) is 2. The minimum Gasteiger partial charge on any atom is -0.357 e. The van der Waals surface area contributed by atoms with Gasteiger partial charge in [-0.05, 0) is 42.8 Å². The number of thioether (sulfide) groups is 1. The van der Waals surface area contributed by atoms with Gasteiger partial charge >= 0.3 is 0 Å². The van der Waals surface area contributed by atoms with Crippen molar-refractivity contribution in [3.05, 3.63) is 72.7 Å². The molecule has 2 aromatic heterocycles.